The Kier molecular flexibility index (Phi) is 3.93. The number of carbonyl (C=O) groups is 1. The highest BCUT2D eigenvalue weighted by atomic mass is 16.3. The van der Waals surface area contributed by atoms with Crippen molar-refractivity contribution >= 4 is 5.78 Å². The largest absolute Gasteiger partial charge is 0.393 e. The lowest BCUT2D eigenvalue weighted by atomic mass is 9.44. The van der Waals surface area contributed by atoms with Gasteiger partial charge in [0.2, 0.25) is 0 Å². The lowest BCUT2D eigenvalue weighted by molar-refractivity contribution is -0.140. The Balaban J connectivity index is 1.64. The summed E-state index contributed by atoms with van der Waals surface area (Å²) in [6.45, 7) is 6.44. The second kappa shape index (κ2) is 5.54. The van der Waals surface area contributed by atoms with E-state index in [-0.39, 0.29) is 23.2 Å². The van der Waals surface area contributed by atoms with E-state index in [0.29, 0.717) is 23.2 Å². The van der Waals surface area contributed by atoms with Crippen molar-refractivity contribution in [2.45, 2.75) is 84.3 Å². The van der Waals surface area contributed by atoms with Gasteiger partial charge in [-0.15, -0.1) is 0 Å². The number of aliphatic hydroxyl groups excluding tert-OH is 2. The number of fused-ring (bicyclic) bond motifs is 5. The van der Waals surface area contributed by atoms with Gasteiger partial charge >= 0.3 is 0 Å². The third-order valence-corrected chi connectivity index (χ3v) is 9.10. The summed E-state index contributed by atoms with van der Waals surface area (Å²) in [5, 5.41) is 20.7. The van der Waals surface area contributed by atoms with Crippen LogP contribution in [-0.2, 0) is 4.79 Å². The highest BCUT2D eigenvalue weighted by Crippen LogP contribution is 2.67. The molecule has 0 aromatic rings. The second-order valence-electron chi connectivity index (χ2n) is 10.0. The SMILES string of the molecule is CC(=O)C1[C@H](O)CC2C3CC[C@H]4CC(O)CCC4(C)C3CCC21C. The molecule has 0 heterocycles. The number of ketones is 1. The monoisotopic (exact) mass is 334 g/mol. The topological polar surface area (TPSA) is 57.5 Å². The minimum Gasteiger partial charge on any atom is -0.393 e. The summed E-state index contributed by atoms with van der Waals surface area (Å²) in [6.07, 6.45) is 8.14. The zero-order valence-corrected chi connectivity index (χ0v) is 15.5. The Morgan fingerprint density at radius 2 is 1.62 bits per heavy atom. The number of carbonyl (C=O) groups excluding carboxylic acids is 1. The normalized spacial score (nSPS) is 57.0. The fourth-order valence-electron chi connectivity index (χ4n) is 7.98. The van der Waals surface area contributed by atoms with Crippen molar-refractivity contribution in [3.63, 3.8) is 0 Å². The van der Waals surface area contributed by atoms with Gasteiger partial charge < -0.3 is 10.2 Å². The Morgan fingerprint density at radius 3 is 2.33 bits per heavy atom. The molecule has 0 aliphatic heterocycles. The summed E-state index contributed by atoms with van der Waals surface area (Å²) in [4.78, 5) is 12.2. The average Bonchev–Trinajstić information content (AvgIpc) is 2.78. The van der Waals surface area contributed by atoms with Gasteiger partial charge in [0.1, 0.15) is 5.78 Å². The van der Waals surface area contributed by atoms with Crippen molar-refractivity contribution in [3.8, 4) is 0 Å². The van der Waals surface area contributed by atoms with Crippen molar-refractivity contribution in [1.29, 1.82) is 0 Å². The van der Waals surface area contributed by atoms with E-state index in [0.717, 1.165) is 38.0 Å². The van der Waals surface area contributed by atoms with Crippen molar-refractivity contribution < 1.29 is 15.0 Å². The lowest BCUT2D eigenvalue weighted by Crippen LogP contribution is -2.54. The molecule has 136 valence electrons. The van der Waals surface area contributed by atoms with Gasteiger partial charge in [0, 0.05) is 5.92 Å². The zero-order valence-electron chi connectivity index (χ0n) is 15.5. The standard InChI is InChI=1S/C21H34O3/c1-12(22)19-18(24)11-17-15-5-4-13-10-14(23)6-8-20(13,2)16(15)7-9-21(17,19)3/h13-19,23-24H,4-11H2,1-3H3/t13-,14?,15?,16?,17?,18+,19?,20?,21?/m0/s1. The van der Waals surface area contributed by atoms with Gasteiger partial charge in [-0.25, -0.2) is 0 Å². The Bertz CT molecular complexity index is 531. The summed E-state index contributed by atoms with van der Waals surface area (Å²) < 4.78 is 0. The third kappa shape index (κ3) is 2.19. The molecule has 3 nitrogen and oxygen atoms in total. The molecule has 9 atom stereocenters. The molecule has 0 aromatic carbocycles. The van der Waals surface area contributed by atoms with E-state index in [9.17, 15) is 15.0 Å². The summed E-state index contributed by atoms with van der Waals surface area (Å²) in [5.74, 6) is 2.60. The molecule has 4 aliphatic rings. The number of rotatable bonds is 1. The molecule has 0 spiro atoms. The van der Waals surface area contributed by atoms with Crippen LogP contribution in [-0.4, -0.2) is 28.2 Å². The fraction of sp³-hybridized carbons (Fsp3) is 0.952. The van der Waals surface area contributed by atoms with Crippen LogP contribution in [0.5, 0.6) is 0 Å². The molecule has 0 bridgehead atoms. The van der Waals surface area contributed by atoms with E-state index in [1.54, 1.807) is 6.92 Å². The first kappa shape index (κ1) is 17.0. The number of Topliss-reactive ketones (excluding diaryl/α,β-unsaturated/α-hetero) is 1. The van der Waals surface area contributed by atoms with Crippen molar-refractivity contribution in [2.24, 2.45) is 40.4 Å². The van der Waals surface area contributed by atoms with E-state index in [1.165, 1.54) is 19.3 Å². The minimum absolute atomic E-state index is 0.00376. The summed E-state index contributed by atoms with van der Waals surface area (Å²) in [7, 11) is 0. The quantitative estimate of drug-likeness (QED) is 0.771. The van der Waals surface area contributed by atoms with Crippen LogP contribution in [0, 0.1) is 40.4 Å². The maximum atomic E-state index is 12.2. The van der Waals surface area contributed by atoms with Crippen molar-refractivity contribution in [2.75, 3.05) is 0 Å². The van der Waals surface area contributed by atoms with E-state index >= 15 is 0 Å². The van der Waals surface area contributed by atoms with Crippen LogP contribution in [0.1, 0.15) is 72.1 Å². The van der Waals surface area contributed by atoms with E-state index in [2.05, 4.69) is 13.8 Å². The molecule has 0 saturated heterocycles. The molecule has 4 fully saturated rings. The molecule has 4 saturated carbocycles. The van der Waals surface area contributed by atoms with Crippen LogP contribution in [0.2, 0.25) is 0 Å². The number of hydrogen-bond acceptors (Lipinski definition) is 3. The van der Waals surface area contributed by atoms with Gasteiger partial charge in [-0.2, -0.15) is 0 Å². The molecular weight excluding hydrogens is 300 g/mol. The van der Waals surface area contributed by atoms with Crippen LogP contribution in [0.4, 0.5) is 0 Å². The van der Waals surface area contributed by atoms with Crippen molar-refractivity contribution in [1.82, 2.24) is 0 Å². The summed E-state index contributed by atoms with van der Waals surface area (Å²) in [6, 6.07) is 0. The Labute approximate surface area is 146 Å². The molecule has 0 aromatic heterocycles. The van der Waals surface area contributed by atoms with Crippen molar-refractivity contribution in [3.05, 3.63) is 0 Å². The minimum atomic E-state index is -0.435. The number of hydrogen-bond donors (Lipinski definition) is 2. The van der Waals surface area contributed by atoms with Gasteiger partial charge in [-0.05, 0) is 92.8 Å². The molecular formula is C21H34O3. The first-order valence-corrected chi connectivity index (χ1v) is 10.1. The second-order valence-corrected chi connectivity index (χ2v) is 10.0. The molecule has 24 heavy (non-hydrogen) atoms. The van der Waals surface area contributed by atoms with Gasteiger partial charge in [0.25, 0.3) is 0 Å². The fourth-order valence-corrected chi connectivity index (χ4v) is 7.98. The zero-order chi connectivity index (χ0) is 17.3. The number of aliphatic hydroxyl groups is 2. The molecule has 0 radical (unpaired) electrons. The average molecular weight is 335 g/mol. The maximum Gasteiger partial charge on any atom is 0.136 e. The molecule has 4 aliphatic carbocycles. The summed E-state index contributed by atoms with van der Waals surface area (Å²) >= 11 is 0. The van der Waals surface area contributed by atoms with Crippen LogP contribution >= 0.6 is 0 Å². The van der Waals surface area contributed by atoms with Gasteiger partial charge in [-0.3, -0.25) is 4.79 Å². The Hall–Kier alpha value is -0.410. The first-order valence-electron chi connectivity index (χ1n) is 10.1. The highest BCUT2D eigenvalue weighted by Gasteiger charge is 2.62. The molecule has 2 N–H and O–H groups in total. The smallest absolute Gasteiger partial charge is 0.136 e. The highest BCUT2D eigenvalue weighted by molar-refractivity contribution is 5.80. The lowest BCUT2D eigenvalue weighted by Gasteiger charge is -2.60. The predicted molar refractivity (Wildman–Crippen MR) is 93.3 cm³/mol. The molecule has 7 unspecified atom stereocenters. The van der Waals surface area contributed by atoms with Crippen LogP contribution in [0.25, 0.3) is 0 Å². The van der Waals surface area contributed by atoms with E-state index in [1.807, 2.05) is 0 Å². The molecule has 3 heteroatoms. The van der Waals surface area contributed by atoms with Crippen LogP contribution in [0.3, 0.4) is 0 Å². The predicted octanol–water partition coefficient (Wildman–Crippen LogP) is 3.57. The Morgan fingerprint density at radius 1 is 0.917 bits per heavy atom. The van der Waals surface area contributed by atoms with E-state index in [4.69, 9.17) is 0 Å². The first-order chi connectivity index (χ1) is 11.3. The maximum absolute atomic E-state index is 12.2. The van der Waals surface area contributed by atoms with Gasteiger partial charge in [0.05, 0.1) is 12.2 Å². The van der Waals surface area contributed by atoms with Crippen LogP contribution in [0.15, 0.2) is 0 Å². The van der Waals surface area contributed by atoms with Gasteiger partial charge in [-0.1, -0.05) is 13.8 Å². The van der Waals surface area contributed by atoms with Crippen LogP contribution < -0.4 is 0 Å². The molecule has 0 amide bonds. The summed E-state index contributed by atoms with van der Waals surface area (Å²) in [5.41, 5.74) is 0.368. The third-order valence-electron chi connectivity index (χ3n) is 9.10. The van der Waals surface area contributed by atoms with Gasteiger partial charge in [0.15, 0.2) is 0 Å². The van der Waals surface area contributed by atoms with E-state index < -0.39 is 6.10 Å². The molecule has 4 rings (SSSR count).